The molecule has 0 saturated carbocycles. The van der Waals surface area contributed by atoms with Crippen molar-refractivity contribution in [1.29, 1.82) is 0 Å². The minimum absolute atomic E-state index is 0.0445. The Kier molecular flexibility index (Phi) is 8.37. The van der Waals surface area contributed by atoms with Gasteiger partial charge >= 0.3 is 0 Å². The third-order valence-corrected chi connectivity index (χ3v) is 5.96. The van der Waals surface area contributed by atoms with E-state index in [0.29, 0.717) is 30.6 Å². The molecule has 1 aliphatic heterocycles. The van der Waals surface area contributed by atoms with E-state index in [0.717, 1.165) is 36.4 Å². The Morgan fingerprint density at radius 3 is 2.45 bits per heavy atom. The Morgan fingerprint density at radius 2 is 1.81 bits per heavy atom. The van der Waals surface area contributed by atoms with Gasteiger partial charge in [-0.25, -0.2) is 0 Å². The van der Waals surface area contributed by atoms with Crippen molar-refractivity contribution in [1.82, 2.24) is 10.2 Å². The van der Waals surface area contributed by atoms with Gasteiger partial charge in [0.2, 0.25) is 0 Å². The third kappa shape index (κ3) is 5.60. The van der Waals surface area contributed by atoms with Gasteiger partial charge < -0.3 is 29.2 Å². The summed E-state index contributed by atoms with van der Waals surface area (Å²) in [6.45, 7) is 4.67. The largest absolute Gasteiger partial charge is 0.493 e. The molecule has 0 amide bonds. The van der Waals surface area contributed by atoms with Crippen LogP contribution in [-0.4, -0.2) is 57.6 Å². The lowest BCUT2D eigenvalue weighted by Gasteiger charge is -2.39. The highest BCUT2D eigenvalue weighted by molar-refractivity contribution is 7.80. The minimum Gasteiger partial charge on any atom is -0.493 e. The molecule has 0 fully saturated rings. The van der Waals surface area contributed by atoms with E-state index < -0.39 is 0 Å². The zero-order chi connectivity index (χ0) is 22.2. The lowest BCUT2D eigenvalue weighted by Crippen LogP contribution is -2.47. The summed E-state index contributed by atoms with van der Waals surface area (Å²) in [5.74, 6) is 2.30. The summed E-state index contributed by atoms with van der Waals surface area (Å²) in [5, 5.41) is 4.00. The van der Waals surface area contributed by atoms with Crippen LogP contribution in [0.2, 0.25) is 0 Å². The van der Waals surface area contributed by atoms with E-state index in [9.17, 15) is 0 Å². The molecule has 1 aliphatic rings. The maximum atomic E-state index is 6.21. The van der Waals surface area contributed by atoms with Gasteiger partial charge in [-0.1, -0.05) is 19.1 Å². The van der Waals surface area contributed by atoms with Crippen molar-refractivity contribution >= 4 is 17.3 Å². The van der Waals surface area contributed by atoms with E-state index in [1.807, 2.05) is 18.2 Å². The van der Waals surface area contributed by atoms with Gasteiger partial charge in [-0.3, -0.25) is 0 Å². The fourth-order valence-corrected chi connectivity index (χ4v) is 4.13. The Labute approximate surface area is 190 Å². The number of methoxy groups -OCH3 is 3. The topological polar surface area (TPSA) is 52.2 Å². The fraction of sp³-hybridized carbons (Fsp3) is 0.458. The predicted molar refractivity (Wildman–Crippen MR) is 126 cm³/mol. The van der Waals surface area contributed by atoms with Crippen LogP contribution < -0.4 is 19.5 Å². The monoisotopic (exact) mass is 444 g/mol. The molecule has 0 bridgehead atoms. The number of ether oxygens (including phenoxy) is 4. The van der Waals surface area contributed by atoms with Crippen LogP contribution in [0.15, 0.2) is 36.4 Å². The first-order valence-corrected chi connectivity index (χ1v) is 11.0. The number of hydrogen-bond donors (Lipinski definition) is 1. The van der Waals surface area contributed by atoms with Gasteiger partial charge in [-0.2, -0.15) is 0 Å². The van der Waals surface area contributed by atoms with Crippen LogP contribution in [0.3, 0.4) is 0 Å². The highest BCUT2D eigenvalue weighted by Gasteiger charge is 2.31. The van der Waals surface area contributed by atoms with E-state index in [-0.39, 0.29) is 6.04 Å². The van der Waals surface area contributed by atoms with E-state index in [1.54, 1.807) is 21.3 Å². The smallest absolute Gasteiger partial charge is 0.169 e. The van der Waals surface area contributed by atoms with Crippen LogP contribution in [-0.2, 0) is 17.6 Å². The Balaban J connectivity index is 1.86. The molecule has 0 aromatic heterocycles. The highest BCUT2D eigenvalue weighted by atomic mass is 32.1. The summed E-state index contributed by atoms with van der Waals surface area (Å²) in [5.41, 5.74) is 3.66. The second-order valence-electron chi connectivity index (χ2n) is 7.40. The van der Waals surface area contributed by atoms with Gasteiger partial charge in [0.1, 0.15) is 12.4 Å². The summed E-state index contributed by atoms with van der Waals surface area (Å²) < 4.78 is 22.4. The quantitative estimate of drug-likeness (QED) is 0.467. The number of aryl methyl sites for hydroxylation is 1. The normalized spacial score (nSPS) is 15.2. The van der Waals surface area contributed by atoms with Gasteiger partial charge in [0, 0.05) is 20.2 Å². The van der Waals surface area contributed by atoms with Gasteiger partial charge in [-0.15, -0.1) is 0 Å². The lowest BCUT2D eigenvalue weighted by atomic mass is 9.92. The molecule has 0 radical (unpaired) electrons. The van der Waals surface area contributed by atoms with Crippen molar-refractivity contribution in [2.24, 2.45) is 0 Å². The number of rotatable bonds is 9. The van der Waals surface area contributed by atoms with Crippen molar-refractivity contribution in [3.63, 3.8) is 0 Å². The van der Waals surface area contributed by atoms with E-state index in [2.05, 4.69) is 35.3 Å². The van der Waals surface area contributed by atoms with E-state index in [1.165, 1.54) is 11.1 Å². The first-order valence-electron chi connectivity index (χ1n) is 10.6. The zero-order valence-electron chi connectivity index (χ0n) is 18.8. The van der Waals surface area contributed by atoms with Crippen LogP contribution in [0.25, 0.3) is 0 Å². The molecule has 168 valence electrons. The number of benzene rings is 2. The van der Waals surface area contributed by atoms with E-state index >= 15 is 0 Å². The summed E-state index contributed by atoms with van der Waals surface area (Å²) in [7, 11) is 5.00. The first-order chi connectivity index (χ1) is 15.1. The summed E-state index contributed by atoms with van der Waals surface area (Å²) in [4.78, 5) is 2.19. The number of nitrogens with one attached hydrogen (secondary N) is 1. The third-order valence-electron chi connectivity index (χ3n) is 5.59. The maximum absolute atomic E-state index is 6.21. The zero-order valence-corrected chi connectivity index (χ0v) is 19.6. The average Bonchev–Trinajstić information content (AvgIpc) is 2.81. The highest BCUT2D eigenvalue weighted by Crippen LogP contribution is 2.38. The average molecular weight is 445 g/mol. The molecule has 0 unspecified atom stereocenters. The molecule has 7 heteroatoms. The van der Waals surface area contributed by atoms with Crippen molar-refractivity contribution in [2.45, 2.75) is 25.8 Å². The number of thiocarbonyl (C=S) groups is 1. The number of nitrogens with zero attached hydrogens (tertiary/aromatic N) is 1. The van der Waals surface area contributed by atoms with Gasteiger partial charge in [0.25, 0.3) is 0 Å². The molecular formula is C24H32N2O4S. The van der Waals surface area contributed by atoms with Gasteiger partial charge in [-0.05, 0) is 66.0 Å². The molecule has 1 atom stereocenters. The van der Waals surface area contributed by atoms with Crippen LogP contribution in [0.5, 0.6) is 17.2 Å². The van der Waals surface area contributed by atoms with Gasteiger partial charge in [0.05, 0.1) is 26.9 Å². The van der Waals surface area contributed by atoms with E-state index in [4.69, 9.17) is 31.2 Å². The molecule has 6 nitrogen and oxygen atoms in total. The molecule has 2 aromatic rings. The molecule has 0 spiro atoms. The molecule has 2 aromatic carbocycles. The Hall–Kier alpha value is -2.51. The van der Waals surface area contributed by atoms with Crippen LogP contribution in [0.1, 0.15) is 29.7 Å². The van der Waals surface area contributed by atoms with Crippen molar-refractivity contribution < 1.29 is 18.9 Å². The van der Waals surface area contributed by atoms with Crippen molar-refractivity contribution in [2.75, 3.05) is 47.6 Å². The van der Waals surface area contributed by atoms with Crippen LogP contribution >= 0.6 is 12.2 Å². The first kappa shape index (κ1) is 23.2. The standard InChI is InChI=1S/C24H32N2O4S/c1-5-17-6-8-19(9-7-17)30-16-21-20-15-23(29-4)22(28-3)14-18(20)10-12-26(21)24(31)25-11-13-27-2/h6-9,14-15,21H,5,10-13,16H2,1-4H3,(H,25,31)/t21-/m1/s1. The second-order valence-corrected chi connectivity index (χ2v) is 7.79. The SMILES string of the molecule is CCc1ccc(OC[C@@H]2c3cc(OC)c(OC)cc3CCN2C(=S)NCCOC)cc1. The fourth-order valence-electron chi connectivity index (χ4n) is 3.81. The molecular weight excluding hydrogens is 412 g/mol. The summed E-state index contributed by atoms with van der Waals surface area (Å²) >= 11 is 5.71. The van der Waals surface area contributed by atoms with Crippen LogP contribution in [0.4, 0.5) is 0 Å². The molecule has 3 rings (SSSR count). The van der Waals surface area contributed by atoms with Crippen molar-refractivity contribution in [3.05, 3.63) is 53.1 Å². The predicted octanol–water partition coefficient (Wildman–Crippen LogP) is 3.77. The number of hydrogen-bond acceptors (Lipinski definition) is 5. The Morgan fingerprint density at radius 1 is 1.10 bits per heavy atom. The molecule has 31 heavy (non-hydrogen) atoms. The van der Waals surface area contributed by atoms with Gasteiger partial charge in [0.15, 0.2) is 16.6 Å². The summed E-state index contributed by atoms with van der Waals surface area (Å²) in [6, 6.07) is 12.3. The Bertz CT molecular complexity index is 873. The molecule has 0 aliphatic carbocycles. The second kappa shape index (κ2) is 11.2. The molecule has 1 N–H and O–H groups in total. The number of fused-ring (bicyclic) bond motifs is 1. The minimum atomic E-state index is -0.0445. The van der Waals surface area contributed by atoms with Crippen LogP contribution in [0, 0.1) is 0 Å². The van der Waals surface area contributed by atoms with Crippen molar-refractivity contribution in [3.8, 4) is 17.2 Å². The lowest BCUT2D eigenvalue weighted by molar-refractivity contribution is 0.182. The molecule has 1 heterocycles. The summed E-state index contributed by atoms with van der Waals surface area (Å²) in [6.07, 6.45) is 1.87. The molecule has 0 saturated heterocycles. The maximum Gasteiger partial charge on any atom is 0.169 e.